The summed E-state index contributed by atoms with van der Waals surface area (Å²) < 4.78 is 11.6. The van der Waals surface area contributed by atoms with Gasteiger partial charge in [-0.05, 0) is 35.7 Å². The second-order valence-corrected chi connectivity index (χ2v) is 5.91. The predicted molar refractivity (Wildman–Crippen MR) is 86.9 cm³/mol. The predicted octanol–water partition coefficient (Wildman–Crippen LogP) is 3.43. The Bertz CT molecular complexity index is 687. The molecule has 1 amide bonds. The first-order chi connectivity index (χ1) is 10.7. The van der Waals surface area contributed by atoms with Gasteiger partial charge in [-0.2, -0.15) is 0 Å². The summed E-state index contributed by atoms with van der Waals surface area (Å²) in [6, 6.07) is 13.7. The van der Waals surface area contributed by atoms with Crippen molar-refractivity contribution in [3.63, 3.8) is 0 Å². The molecule has 0 saturated heterocycles. The van der Waals surface area contributed by atoms with Gasteiger partial charge in [0.05, 0.1) is 0 Å². The van der Waals surface area contributed by atoms with Crippen molar-refractivity contribution >= 4 is 21.8 Å². The molecule has 0 unspecified atom stereocenters. The van der Waals surface area contributed by atoms with Gasteiger partial charge in [0, 0.05) is 17.4 Å². The molecule has 0 aromatic heterocycles. The Morgan fingerprint density at radius 1 is 1.14 bits per heavy atom. The first kappa shape index (κ1) is 14.9. The molecule has 22 heavy (non-hydrogen) atoms. The number of fused-ring (bicyclic) bond motifs is 1. The minimum absolute atomic E-state index is 0.0356. The number of hydrogen-bond donors (Lipinski definition) is 1. The lowest BCUT2D eigenvalue weighted by molar-refractivity contribution is -0.121. The van der Waals surface area contributed by atoms with Gasteiger partial charge in [0.15, 0.2) is 11.5 Å². The minimum atomic E-state index is 0.0356. The standard InChI is InChI=1S/C17H16BrNO3/c18-14-4-2-1-3-13(14)10-19-17(20)8-6-12-5-7-15-16(9-12)22-11-21-15/h1-5,7,9H,6,8,10-11H2,(H,19,20). The molecular formula is C17H16BrNO3. The molecule has 0 saturated carbocycles. The Balaban J connectivity index is 1.49. The minimum Gasteiger partial charge on any atom is -0.454 e. The second-order valence-electron chi connectivity index (χ2n) is 5.06. The molecule has 1 aliphatic rings. The van der Waals surface area contributed by atoms with Crippen molar-refractivity contribution in [2.24, 2.45) is 0 Å². The molecule has 0 radical (unpaired) electrons. The van der Waals surface area contributed by atoms with Crippen LogP contribution in [0.1, 0.15) is 17.5 Å². The summed E-state index contributed by atoms with van der Waals surface area (Å²) >= 11 is 3.47. The quantitative estimate of drug-likeness (QED) is 0.887. The van der Waals surface area contributed by atoms with Gasteiger partial charge in [0.25, 0.3) is 0 Å². The fourth-order valence-electron chi connectivity index (χ4n) is 2.28. The van der Waals surface area contributed by atoms with Crippen LogP contribution in [0.25, 0.3) is 0 Å². The molecule has 0 spiro atoms. The average Bonchev–Trinajstić information content (AvgIpc) is 2.99. The van der Waals surface area contributed by atoms with E-state index in [-0.39, 0.29) is 12.7 Å². The van der Waals surface area contributed by atoms with Crippen molar-refractivity contribution in [3.8, 4) is 11.5 Å². The molecule has 0 bridgehead atoms. The lowest BCUT2D eigenvalue weighted by Gasteiger charge is -2.07. The molecule has 0 aliphatic carbocycles. The SMILES string of the molecule is O=C(CCc1ccc2c(c1)OCO2)NCc1ccccc1Br. The zero-order valence-corrected chi connectivity index (χ0v) is 13.6. The zero-order valence-electron chi connectivity index (χ0n) is 12.0. The fraction of sp³-hybridized carbons (Fsp3) is 0.235. The summed E-state index contributed by atoms with van der Waals surface area (Å²) in [5, 5.41) is 2.94. The highest BCUT2D eigenvalue weighted by Gasteiger charge is 2.13. The van der Waals surface area contributed by atoms with Crippen LogP contribution in [-0.2, 0) is 17.8 Å². The maximum absolute atomic E-state index is 12.0. The lowest BCUT2D eigenvalue weighted by Crippen LogP contribution is -2.23. The van der Waals surface area contributed by atoms with E-state index in [1.807, 2.05) is 42.5 Å². The summed E-state index contributed by atoms with van der Waals surface area (Å²) in [5.74, 6) is 1.56. The number of nitrogens with one attached hydrogen (secondary N) is 1. The fourth-order valence-corrected chi connectivity index (χ4v) is 2.70. The van der Waals surface area contributed by atoms with E-state index in [2.05, 4.69) is 21.2 Å². The number of ether oxygens (including phenoxy) is 2. The summed E-state index contributed by atoms with van der Waals surface area (Å²) in [4.78, 5) is 12.0. The number of carbonyl (C=O) groups excluding carboxylic acids is 1. The molecule has 2 aromatic carbocycles. The van der Waals surface area contributed by atoms with E-state index in [0.29, 0.717) is 19.4 Å². The van der Waals surface area contributed by atoms with E-state index in [4.69, 9.17) is 9.47 Å². The highest BCUT2D eigenvalue weighted by molar-refractivity contribution is 9.10. The van der Waals surface area contributed by atoms with Gasteiger partial charge in [0.1, 0.15) is 0 Å². The molecule has 2 aromatic rings. The van der Waals surface area contributed by atoms with Crippen molar-refractivity contribution < 1.29 is 14.3 Å². The molecule has 1 N–H and O–H groups in total. The number of benzene rings is 2. The van der Waals surface area contributed by atoms with Gasteiger partial charge in [-0.3, -0.25) is 4.79 Å². The Kier molecular flexibility index (Phi) is 4.63. The van der Waals surface area contributed by atoms with Crippen LogP contribution in [0.3, 0.4) is 0 Å². The van der Waals surface area contributed by atoms with Crippen LogP contribution in [0.15, 0.2) is 46.9 Å². The molecule has 1 heterocycles. The van der Waals surface area contributed by atoms with Gasteiger partial charge in [0.2, 0.25) is 12.7 Å². The van der Waals surface area contributed by atoms with E-state index in [1.54, 1.807) is 0 Å². The van der Waals surface area contributed by atoms with Gasteiger partial charge in [-0.15, -0.1) is 0 Å². The zero-order chi connectivity index (χ0) is 15.4. The molecule has 0 atom stereocenters. The largest absolute Gasteiger partial charge is 0.454 e. The molecule has 4 nitrogen and oxygen atoms in total. The Hall–Kier alpha value is -2.01. The molecule has 114 valence electrons. The van der Waals surface area contributed by atoms with Crippen molar-refractivity contribution in [1.82, 2.24) is 5.32 Å². The number of aryl methyl sites for hydroxylation is 1. The maximum Gasteiger partial charge on any atom is 0.231 e. The third kappa shape index (κ3) is 3.60. The Morgan fingerprint density at radius 2 is 1.95 bits per heavy atom. The van der Waals surface area contributed by atoms with Crippen molar-refractivity contribution in [1.29, 1.82) is 0 Å². The number of amides is 1. The lowest BCUT2D eigenvalue weighted by atomic mass is 10.1. The third-order valence-corrected chi connectivity index (χ3v) is 4.29. The number of carbonyl (C=O) groups is 1. The van der Waals surface area contributed by atoms with Gasteiger partial charge >= 0.3 is 0 Å². The molecule has 5 heteroatoms. The Morgan fingerprint density at radius 3 is 2.82 bits per heavy atom. The van der Waals surface area contributed by atoms with Crippen LogP contribution in [-0.4, -0.2) is 12.7 Å². The normalized spacial score (nSPS) is 12.2. The van der Waals surface area contributed by atoms with E-state index in [9.17, 15) is 4.79 Å². The number of rotatable bonds is 5. The van der Waals surface area contributed by atoms with Crippen LogP contribution in [0.4, 0.5) is 0 Å². The van der Waals surface area contributed by atoms with Gasteiger partial charge in [-0.25, -0.2) is 0 Å². The van der Waals surface area contributed by atoms with Gasteiger partial charge < -0.3 is 14.8 Å². The van der Waals surface area contributed by atoms with Crippen LogP contribution < -0.4 is 14.8 Å². The third-order valence-electron chi connectivity index (χ3n) is 3.51. The molecule has 1 aliphatic heterocycles. The molecule has 3 rings (SSSR count). The first-order valence-electron chi connectivity index (χ1n) is 7.11. The van der Waals surface area contributed by atoms with Crippen molar-refractivity contribution in [2.75, 3.05) is 6.79 Å². The maximum atomic E-state index is 12.0. The average molecular weight is 362 g/mol. The summed E-state index contributed by atoms with van der Waals surface area (Å²) in [5.41, 5.74) is 2.14. The first-order valence-corrected chi connectivity index (χ1v) is 7.90. The van der Waals surface area contributed by atoms with E-state index in [0.717, 1.165) is 27.1 Å². The monoisotopic (exact) mass is 361 g/mol. The number of hydrogen-bond acceptors (Lipinski definition) is 3. The Labute approximate surface area is 137 Å². The summed E-state index contributed by atoms with van der Waals surface area (Å²) in [6.07, 6.45) is 1.13. The van der Waals surface area contributed by atoms with Crippen molar-refractivity contribution in [3.05, 3.63) is 58.1 Å². The van der Waals surface area contributed by atoms with Crippen molar-refractivity contribution in [2.45, 2.75) is 19.4 Å². The molecule has 0 fully saturated rings. The smallest absolute Gasteiger partial charge is 0.231 e. The summed E-state index contributed by atoms with van der Waals surface area (Å²) in [7, 11) is 0. The number of halogens is 1. The summed E-state index contributed by atoms with van der Waals surface area (Å²) in [6.45, 7) is 0.798. The van der Waals surface area contributed by atoms with Crippen LogP contribution in [0.5, 0.6) is 11.5 Å². The van der Waals surface area contributed by atoms with Crippen LogP contribution in [0.2, 0.25) is 0 Å². The van der Waals surface area contributed by atoms with Crippen LogP contribution in [0, 0.1) is 0 Å². The van der Waals surface area contributed by atoms with E-state index in [1.165, 1.54) is 0 Å². The van der Waals surface area contributed by atoms with Crippen LogP contribution >= 0.6 is 15.9 Å². The second kappa shape index (κ2) is 6.83. The highest BCUT2D eigenvalue weighted by Crippen LogP contribution is 2.32. The van der Waals surface area contributed by atoms with Gasteiger partial charge in [-0.1, -0.05) is 40.2 Å². The van der Waals surface area contributed by atoms with E-state index < -0.39 is 0 Å². The molecular weight excluding hydrogens is 346 g/mol. The van der Waals surface area contributed by atoms with E-state index >= 15 is 0 Å². The topological polar surface area (TPSA) is 47.6 Å². The highest BCUT2D eigenvalue weighted by atomic mass is 79.9.